The number of aromatic nitrogens is 2. The molecule has 0 aliphatic carbocycles. The average molecular weight is 265 g/mol. The monoisotopic (exact) mass is 265 g/mol. The number of nitrogens with zero attached hydrogens (tertiary/aromatic N) is 2. The number of hydrogen-bond donors (Lipinski definition) is 1. The number of nitrogens with two attached hydrogens (primary N) is 1. The molecule has 1 heterocycles. The van der Waals surface area contributed by atoms with E-state index in [2.05, 4.69) is 10.1 Å². The molecule has 2 N–H and O–H groups in total. The highest BCUT2D eigenvalue weighted by atomic mass is 19.1. The van der Waals surface area contributed by atoms with E-state index in [0.717, 1.165) is 0 Å². The Kier molecular flexibility index (Phi) is 4.24. The van der Waals surface area contributed by atoms with Gasteiger partial charge in [-0.25, -0.2) is 4.39 Å². The Balaban J connectivity index is 2.08. The first kappa shape index (κ1) is 13.6. The van der Waals surface area contributed by atoms with Gasteiger partial charge in [-0.1, -0.05) is 5.16 Å². The van der Waals surface area contributed by atoms with Crippen LogP contribution < -0.4 is 5.73 Å². The van der Waals surface area contributed by atoms with Crippen molar-refractivity contribution >= 4 is 0 Å². The van der Waals surface area contributed by atoms with E-state index in [-0.39, 0.29) is 11.9 Å². The Hall–Kier alpha value is -1.79. The highest BCUT2D eigenvalue weighted by Crippen LogP contribution is 2.19. The molecule has 0 aliphatic heterocycles. The molecule has 2 aromatic rings. The summed E-state index contributed by atoms with van der Waals surface area (Å²) < 4.78 is 23.3. The summed E-state index contributed by atoms with van der Waals surface area (Å²) in [5, 5.41) is 3.81. The highest BCUT2D eigenvalue weighted by molar-refractivity contribution is 5.52. The van der Waals surface area contributed by atoms with Crippen LogP contribution in [0.15, 0.2) is 28.8 Å². The highest BCUT2D eigenvalue weighted by Gasteiger charge is 2.16. The second-order valence-electron chi connectivity index (χ2n) is 4.45. The molecule has 5 nitrogen and oxygen atoms in total. The third kappa shape index (κ3) is 3.59. The third-order valence-electron chi connectivity index (χ3n) is 2.47. The summed E-state index contributed by atoms with van der Waals surface area (Å²) in [5.41, 5.74) is 6.54. The van der Waals surface area contributed by atoms with Crippen LogP contribution in [0, 0.1) is 5.82 Å². The van der Waals surface area contributed by atoms with Crippen LogP contribution in [0.3, 0.4) is 0 Å². The molecule has 0 radical (unpaired) electrons. The second-order valence-corrected chi connectivity index (χ2v) is 4.45. The lowest BCUT2D eigenvalue weighted by atomic mass is 10.2. The summed E-state index contributed by atoms with van der Waals surface area (Å²) in [4.78, 5) is 4.18. The molecule has 1 atom stereocenters. The number of halogens is 1. The molecule has 0 saturated heterocycles. The van der Waals surface area contributed by atoms with Crippen LogP contribution in [0.4, 0.5) is 4.39 Å². The fraction of sp³-hybridized carbons (Fsp3) is 0.385. The van der Waals surface area contributed by atoms with E-state index >= 15 is 0 Å². The van der Waals surface area contributed by atoms with E-state index in [1.54, 1.807) is 12.1 Å². The second kappa shape index (κ2) is 5.90. The van der Waals surface area contributed by atoms with Crippen molar-refractivity contribution in [2.75, 3.05) is 6.61 Å². The molecule has 0 fully saturated rings. The van der Waals surface area contributed by atoms with Crippen LogP contribution in [0.1, 0.15) is 25.7 Å². The molecule has 6 heteroatoms. The van der Waals surface area contributed by atoms with E-state index in [0.29, 0.717) is 23.9 Å². The first-order valence-electron chi connectivity index (χ1n) is 6.03. The molecule has 0 bridgehead atoms. The van der Waals surface area contributed by atoms with Crippen LogP contribution >= 0.6 is 0 Å². The van der Waals surface area contributed by atoms with E-state index in [1.807, 2.05) is 13.8 Å². The Morgan fingerprint density at radius 1 is 1.32 bits per heavy atom. The maximum atomic E-state index is 12.8. The van der Waals surface area contributed by atoms with Crippen molar-refractivity contribution < 1.29 is 13.7 Å². The summed E-state index contributed by atoms with van der Waals surface area (Å²) in [6.07, 6.45) is 0.0921. The molecule has 0 aliphatic rings. The van der Waals surface area contributed by atoms with Crippen molar-refractivity contribution in [3.63, 3.8) is 0 Å². The van der Waals surface area contributed by atoms with Gasteiger partial charge in [-0.3, -0.25) is 0 Å². The van der Waals surface area contributed by atoms with E-state index in [9.17, 15) is 4.39 Å². The maximum absolute atomic E-state index is 12.8. The minimum Gasteiger partial charge on any atom is -0.377 e. The number of ether oxygens (including phenoxy) is 1. The normalized spacial score (nSPS) is 12.9. The molecular weight excluding hydrogens is 249 g/mol. The van der Waals surface area contributed by atoms with E-state index in [1.165, 1.54) is 12.1 Å². The lowest BCUT2D eigenvalue weighted by molar-refractivity contribution is 0.0665. The predicted molar refractivity (Wildman–Crippen MR) is 67.7 cm³/mol. The van der Waals surface area contributed by atoms with Gasteiger partial charge >= 0.3 is 0 Å². The summed E-state index contributed by atoms with van der Waals surface area (Å²) in [5.74, 6) is 0.375. The summed E-state index contributed by atoms with van der Waals surface area (Å²) in [7, 11) is 0. The van der Waals surface area contributed by atoms with Crippen molar-refractivity contribution in [2.24, 2.45) is 5.73 Å². The molecule has 0 saturated carbocycles. The summed E-state index contributed by atoms with van der Waals surface area (Å²) in [6, 6.07) is 5.37. The Morgan fingerprint density at radius 2 is 2.00 bits per heavy atom. The quantitative estimate of drug-likeness (QED) is 0.897. The van der Waals surface area contributed by atoms with E-state index in [4.69, 9.17) is 15.0 Å². The summed E-state index contributed by atoms with van der Waals surface area (Å²) >= 11 is 0. The van der Waals surface area contributed by atoms with Gasteiger partial charge < -0.3 is 15.0 Å². The molecule has 0 spiro atoms. The van der Waals surface area contributed by atoms with Gasteiger partial charge in [0.15, 0.2) is 5.82 Å². The molecular formula is C13H16FN3O2. The molecule has 102 valence electrons. The SMILES string of the molecule is CC(C)OCC(N)c1noc(-c2ccc(F)cc2)n1. The van der Waals surface area contributed by atoms with Gasteiger partial charge in [0.2, 0.25) is 0 Å². The zero-order chi connectivity index (χ0) is 13.8. The topological polar surface area (TPSA) is 74.2 Å². The fourth-order valence-electron chi connectivity index (χ4n) is 1.47. The summed E-state index contributed by atoms with van der Waals surface area (Å²) in [6.45, 7) is 4.17. The minimum atomic E-state index is -0.444. The Bertz CT molecular complexity index is 525. The predicted octanol–water partition coefficient (Wildman–Crippen LogP) is 2.30. The molecule has 0 amide bonds. The van der Waals surface area contributed by atoms with Crippen molar-refractivity contribution in [2.45, 2.75) is 26.0 Å². The first-order chi connectivity index (χ1) is 9.06. The first-order valence-corrected chi connectivity index (χ1v) is 6.03. The minimum absolute atomic E-state index is 0.0921. The smallest absolute Gasteiger partial charge is 0.257 e. The average Bonchev–Trinajstić information content (AvgIpc) is 2.86. The lowest BCUT2D eigenvalue weighted by Gasteiger charge is -2.10. The maximum Gasteiger partial charge on any atom is 0.257 e. The number of hydrogen-bond acceptors (Lipinski definition) is 5. The largest absolute Gasteiger partial charge is 0.377 e. The van der Waals surface area contributed by atoms with Gasteiger partial charge in [-0.05, 0) is 38.1 Å². The van der Waals surface area contributed by atoms with Gasteiger partial charge in [-0.2, -0.15) is 4.98 Å². The van der Waals surface area contributed by atoms with Crippen LogP contribution in [0.2, 0.25) is 0 Å². The van der Waals surface area contributed by atoms with Gasteiger partial charge in [0.25, 0.3) is 5.89 Å². The standard InChI is InChI=1S/C13H16FN3O2/c1-8(2)18-7-11(15)12-16-13(19-17-12)9-3-5-10(14)6-4-9/h3-6,8,11H,7,15H2,1-2H3. The zero-order valence-corrected chi connectivity index (χ0v) is 10.8. The van der Waals surface area contributed by atoms with Crippen molar-refractivity contribution in [3.05, 3.63) is 35.9 Å². The van der Waals surface area contributed by atoms with Crippen LogP contribution in [-0.2, 0) is 4.74 Å². The molecule has 1 unspecified atom stereocenters. The Labute approximate surface area is 110 Å². The Morgan fingerprint density at radius 3 is 2.63 bits per heavy atom. The van der Waals surface area contributed by atoms with Crippen molar-refractivity contribution in [3.8, 4) is 11.5 Å². The van der Waals surface area contributed by atoms with Gasteiger partial charge in [0.1, 0.15) is 5.82 Å². The number of rotatable bonds is 5. The van der Waals surface area contributed by atoms with Crippen LogP contribution in [-0.4, -0.2) is 22.9 Å². The van der Waals surface area contributed by atoms with Crippen LogP contribution in [0.25, 0.3) is 11.5 Å². The third-order valence-corrected chi connectivity index (χ3v) is 2.47. The zero-order valence-electron chi connectivity index (χ0n) is 10.8. The lowest BCUT2D eigenvalue weighted by Crippen LogP contribution is -2.20. The van der Waals surface area contributed by atoms with Gasteiger partial charge in [-0.15, -0.1) is 0 Å². The van der Waals surface area contributed by atoms with Crippen molar-refractivity contribution in [1.29, 1.82) is 0 Å². The molecule has 2 rings (SSSR count). The molecule has 19 heavy (non-hydrogen) atoms. The van der Waals surface area contributed by atoms with Gasteiger partial charge in [0.05, 0.1) is 18.8 Å². The molecule has 1 aromatic heterocycles. The van der Waals surface area contributed by atoms with Crippen LogP contribution in [0.5, 0.6) is 0 Å². The van der Waals surface area contributed by atoms with E-state index < -0.39 is 6.04 Å². The fourth-order valence-corrected chi connectivity index (χ4v) is 1.47. The van der Waals surface area contributed by atoms with Gasteiger partial charge in [0, 0.05) is 5.56 Å². The van der Waals surface area contributed by atoms with Crippen molar-refractivity contribution in [1.82, 2.24) is 10.1 Å². The number of benzene rings is 1. The molecule has 1 aromatic carbocycles.